The van der Waals surface area contributed by atoms with Crippen LogP contribution in [0.1, 0.15) is 25.2 Å². The van der Waals surface area contributed by atoms with E-state index in [1.165, 1.54) is 5.56 Å². The first-order chi connectivity index (χ1) is 9.85. The van der Waals surface area contributed by atoms with Gasteiger partial charge in [-0.1, -0.05) is 42.1 Å². The molecule has 0 radical (unpaired) electrons. The Morgan fingerprint density at radius 1 is 1.15 bits per heavy atom. The number of hydrogen-bond donors (Lipinski definition) is 0. The summed E-state index contributed by atoms with van der Waals surface area (Å²) in [5.74, 6) is 1.94. The molecule has 0 N–H and O–H groups in total. The Bertz CT molecular complexity index is 513. The van der Waals surface area contributed by atoms with Crippen LogP contribution in [0.2, 0.25) is 0 Å². The normalized spacial score (nSPS) is 10.9. The molecule has 0 saturated heterocycles. The molecule has 0 aliphatic heterocycles. The van der Waals surface area contributed by atoms with Crippen molar-refractivity contribution in [2.45, 2.75) is 32.0 Å². The molecule has 0 fully saturated rings. The van der Waals surface area contributed by atoms with Gasteiger partial charge in [-0.25, -0.2) is 0 Å². The molecule has 0 bridgehead atoms. The summed E-state index contributed by atoms with van der Waals surface area (Å²) >= 11 is 1.71. The second-order valence-corrected chi connectivity index (χ2v) is 5.41. The van der Waals surface area contributed by atoms with Crippen molar-refractivity contribution in [2.24, 2.45) is 0 Å². The summed E-state index contributed by atoms with van der Waals surface area (Å²) in [5.41, 5.74) is 1.26. The van der Waals surface area contributed by atoms with Crippen molar-refractivity contribution in [3.05, 3.63) is 41.7 Å². The van der Waals surface area contributed by atoms with Crippen LogP contribution in [0.4, 0.5) is 0 Å². The van der Waals surface area contributed by atoms with Gasteiger partial charge in [0.05, 0.1) is 6.61 Å². The summed E-state index contributed by atoms with van der Waals surface area (Å²) in [5, 5.41) is 9.62. The molecule has 0 unspecified atom stereocenters. The van der Waals surface area contributed by atoms with Gasteiger partial charge in [-0.15, -0.1) is 10.2 Å². The summed E-state index contributed by atoms with van der Waals surface area (Å²) in [4.78, 5) is 0. The summed E-state index contributed by atoms with van der Waals surface area (Å²) < 4.78 is 7.54. The molecule has 0 spiro atoms. The monoisotopic (exact) mass is 291 g/mol. The molecule has 1 aromatic carbocycles. The quantitative estimate of drug-likeness (QED) is 0.554. The predicted molar refractivity (Wildman–Crippen MR) is 82.2 cm³/mol. The Balaban J connectivity index is 2.01. The van der Waals surface area contributed by atoms with Gasteiger partial charge < -0.3 is 9.30 Å². The van der Waals surface area contributed by atoms with Crippen molar-refractivity contribution in [3.63, 3.8) is 0 Å². The number of rotatable bonds is 8. The van der Waals surface area contributed by atoms with Gasteiger partial charge in [-0.05, 0) is 19.4 Å². The molecule has 20 heavy (non-hydrogen) atoms. The van der Waals surface area contributed by atoms with Crippen LogP contribution in [0.25, 0.3) is 0 Å². The second kappa shape index (κ2) is 8.07. The molecule has 5 heteroatoms. The Morgan fingerprint density at radius 3 is 2.65 bits per heavy atom. The number of thioether (sulfide) groups is 1. The van der Waals surface area contributed by atoms with E-state index >= 15 is 0 Å². The molecule has 108 valence electrons. The molecule has 0 amide bonds. The third-order valence-electron chi connectivity index (χ3n) is 2.98. The third-order valence-corrected chi connectivity index (χ3v) is 3.91. The van der Waals surface area contributed by atoms with E-state index in [4.69, 9.17) is 4.74 Å². The van der Waals surface area contributed by atoms with Crippen molar-refractivity contribution >= 4 is 11.8 Å². The maximum atomic E-state index is 5.35. The first kappa shape index (κ1) is 15.1. The van der Waals surface area contributed by atoms with Crippen LogP contribution in [0, 0.1) is 0 Å². The van der Waals surface area contributed by atoms with Gasteiger partial charge in [0.2, 0.25) is 0 Å². The van der Waals surface area contributed by atoms with E-state index < -0.39 is 0 Å². The predicted octanol–water partition coefficient (Wildman–Crippen LogP) is 3.02. The van der Waals surface area contributed by atoms with E-state index in [-0.39, 0.29) is 0 Å². The van der Waals surface area contributed by atoms with Gasteiger partial charge in [-0.2, -0.15) is 0 Å². The first-order valence-electron chi connectivity index (χ1n) is 7.01. The lowest BCUT2D eigenvalue weighted by molar-refractivity contribution is 0.164. The standard InChI is InChI=1S/C15H21N3OS/c1-3-18-14(12-13-8-6-5-7-9-13)16-17-15(18)20-11-10-19-4-2/h5-9H,3-4,10-12H2,1-2H3. The van der Waals surface area contributed by atoms with Crippen molar-refractivity contribution in [2.75, 3.05) is 19.0 Å². The molecular formula is C15H21N3OS. The minimum Gasteiger partial charge on any atom is -0.381 e. The maximum absolute atomic E-state index is 5.35. The van der Waals surface area contributed by atoms with Gasteiger partial charge in [0, 0.05) is 25.3 Å². The molecule has 2 aromatic rings. The Kier molecular flexibility index (Phi) is 6.08. The van der Waals surface area contributed by atoms with Crippen LogP contribution < -0.4 is 0 Å². The largest absolute Gasteiger partial charge is 0.381 e. The van der Waals surface area contributed by atoms with Crippen LogP contribution in [0.5, 0.6) is 0 Å². The van der Waals surface area contributed by atoms with Gasteiger partial charge >= 0.3 is 0 Å². The van der Waals surface area contributed by atoms with E-state index in [1.807, 2.05) is 13.0 Å². The number of benzene rings is 1. The number of aromatic nitrogens is 3. The molecule has 2 rings (SSSR count). The molecule has 0 aliphatic rings. The Hall–Kier alpha value is -1.33. The first-order valence-corrected chi connectivity index (χ1v) is 8.00. The Morgan fingerprint density at radius 2 is 1.95 bits per heavy atom. The molecule has 1 aromatic heterocycles. The lowest BCUT2D eigenvalue weighted by Crippen LogP contribution is -2.05. The topological polar surface area (TPSA) is 39.9 Å². The molecule has 4 nitrogen and oxygen atoms in total. The maximum Gasteiger partial charge on any atom is 0.191 e. The number of ether oxygens (including phenoxy) is 1. The SMILES string of the molecule is CCOCCSc1nnc(Cc2ccccc2)n1CC. The Labute approximate surface area is 124 Å². The van der Waals surface area contributed by atoms with Gasteiger partial charge in [0.25, 0.3) is 0 Å². The minimum atomic E-state index is 0.756. The highest BCUT2D eigenvalue weighted by Crippen LogP contribution is 2.18. The summed E-state index contributed by atoms with van der Waals surface area (Å²) in [6.07, 6.45) is 0.827. The van der Waals surface area contributed by atoms with Gasteiger partial charge in [0.15, 0.2) is 5.16 Å². The van der Waals surface area contributed by atoms with Crippen molar-refractivity contribution in [1.82, 2.24) is 14.8 Å². The zero-order chi connectivity index (χ0) is 14.2. The van der Waals surface area contributed by atoms with E-state index in [0.717, 1.165) is 42.9 Å². The van der Waals surface area contributed by atoms with Crippen LogP contribution >= 0.6 is 11.8 Å². The van der Waals surface area contributed by atoms with Gasteiger partial charge in [0.1, 0.15) is 5.82 Å². The highest BCUT2D eigenvalue weighted by atomic mass is 32.2. The zero-order valence-electron chi connectivity index (χ0n) is 12.1. The molecule has 0 atom stereocenters. The fourth-order valence-electron chi connectivity index (χ4n) is 1.99. The molecule has 0 aliphatic carbocycles. The molecule has 1 heterocycles. The highest BCUT2D eigenvalue weighted by Gasteiger charge is 2.11. The van der Waals surface area contributed by atoms with Crippen LogP contribution in [0.15, 0.2) is 35.5 Å². The summed E-state index contributed by atoms with van der Waals surface area (Å²) in [6.45, 7) is 6.56. The average molecular weight is 291 g/mol. The van der Waals surface area contributed by atoms with Crippen molar-refractivity contribution < 1.29 is 4.74 Å². The van der Waals surface area contributed by atoms with Crippen molar-refractivity contribution in [3.8, 4) is 0 Å². The zero-order valence-corrected chi connectivity index (χ0v) is 12.9. The van der Waals surface area contributed by atoms with Gasteiger partial charge in [-0.3, -0.25) is 0 Å². The van der Waals surface area contributed by atoms with E-state index in [0.29, 0.717) is 0 Å². The number of nitrogens with zero attached hydrogens (tertiary/aromatic N) is 3. The third kappa shape index (κ3) is 4.08. The van der Waals surface area contributed by atoms with Crippen LogP contribution in [-0.4, -0.2) is 33.7 Å². The minimum absolute atomic E-state index is 0.756. The lowest BCUT2D eigenvalue weighted by atomic mass is 10.1. The number of hydrogen-bond acceptors (Lipinski definition) is 4. The fourth-order valence-corrected chi connectivity index (χ4v) is 2.86. The highest BCUT2D eigenvalue weighted by molar-refractivity contribution is 7.99. The van der Waals surface area contributed by atoms with E-state index in [1.54, 1.807) is 11.8 Å². The summed E-state index contributed by atoms with van der Waals surface area (Å²) in [6, 6.07) is 10.4. The fraction of sp³-hybridized carbons (Fsp3) is 0.467. The lowest BCUT2D eigenvalue weighted by Gasteiger charge is -2.07. The van der Waals surface area contributed by atoms with E-state index in [2.05, 4.69) is 46.0 Å². The van der Waals surface area contributed by atoms with Crippen molar-refractivity contribution in [1.29, 1.82) is 0 Å². The molecule has 0 saturated carbocycles. The molecular weight excluding hydrogens is 270 g/mol. The smallest absolute Gasteiger partial charge is 0.191 e. The van der Waals surface area contributed by atoms with E-state index in [9.17, 15) is 0 Å². The second-order valence-electron chi connectivity index (χ2n) is 4.35. The van der Waals surface area contributed by atoms with Crippen LogP contribution in [-0.2, 0) is 17.7 Å². The van der Waals surface area contributed by atoms with Crippen LogP contribution in [0.3, 0.4) is 0 Å². The average Bonchev–Trinajstić information content (AvgIpc) is 2.86. The summed E-state index contributed by atoms with van der Waals surface area (Å²) in [7, 11) is 0.